The van der Waals surface area contributed by atoms with Crippen molar-refractivity contribution in [1.82, 2.24) is 0 Å². The van der Waals surface area contributed by atoms with Gasteiger partial charge in [-0.25, -0.2) is 0 Å². The molecule has 2 N–H and O–H groups in total. The van der Waals surface area contributed by atoms with Crippen LogP contribution in [-0.2, 0) is 6.42 Å². The summed E-state index contributed by atoms with van der Waals surface area (Å²) in [5.41, 5.74) is 7.02. The van der Waals surface area contributed by atoms with Gasteiger partial charge in [0.2, 0.25) is 6.79 Å². The first-order valence-electron chi connectivity index (χ1n) is 7.24. The zero-order chi connectivity index (χ0) is 13.9. The average molecular weight is 275 g/mol. The molecule has 1 aromatic carbocycles. The Labute approximate surface area is 119 Å². The van der Waals surface area contributed by atoms with Crippen LogP contribution in [0.4, 0.5) is 0 Å². The van der Waals surface area contributed by atoms with Crippen molar-refractivity contribution in [2.75, 3.05) is 6.79 Å². The van der Waals surface area contributed by atoms with Crippen molar-refractivity contribution >= 4 is 0 Å². The lowest BCUT2D eigenvalue weighted by Gasteiger charge is -2.21. The molecular formula is C16H21NO3. The quantitative estimate of drug-likeness (QED) is 0.858. The Morgan fingerprint density at radius 1 is 1.35 bits per heavy atom. The van der Waals surface area contributed by atoms with Gasteiger partial charge in [-0.2, -0.15) is 0 Å². The number of hydrogen-bond acceptors (Lipinski definition) is 4. The Hall–Kier alpha value is -1.68. The summed E-state index contributed by atoms with van der Waals surface area (Å²) in [5, 5.41) is 0. The third-order valence-corrected chi connectivity index (χ3v) is 3.59. The van der Waals surface area contributed by atoms with Gasteiger partial charge in [0, 0.05) is 12.1 Å². The summed E-state index contributed by atoms with van der Waals surface area (Å²) in [4.78, 5) is 0. The first-order chi connectivity index (χ1) is 9.72. The van der Waals surface area contributed by atoms with Gasteiger partial charge in [0.1, 0.15) is 11.9 Å². The molecule has 0 aromatic heterocycles. The smallest absolute Gasteiger partial charge is 0.231 e. The zero-order valence-electron chi connectivity index (χ0n) is 11.8. The maximum atomic E-state index is 6.13. The fourth-order valence-electron chi connectivity index (χ4n) is 2.62. The normalized spacial score (nSPS) is 21.8. The standard InChI is InChI=1S/C16H21NO3/c1-11(17)7-12-8-15-16(19-10-18-15)9-14(12)20-13-5-3-2-4-6-13/h3,5,8-9,11,13H,2,4,6-7,10,17H2,1H3. The van der Waals surface area contributed by atoms with E-state index in [2.05, 4.69) is 12.2 Å². The fraction of sp³-hybridized carbons (Fsp3) is 0.500. The van der Waals surface area contributed by atoms with E-state index >= 15 is 0 Å². The van der Waals surface area contributed by atoms with Gasteiger partial charge in [-0.05, 0) is 50.3 Å². The van der Waals surface area contributed by atoms with Crippen LogP contribution in [0.2, 0.25) is 0 Å². The molecule has 0 fully saturated rings. The number of benzene rings is 1. The van der Waals surface area contributed by atoms with E-state index in [-0.39, 0.29) is 18.9 Å². The van der Waals surface area contributed by atoms with Gasteiger partial charge in [0.15, 0.2) is 11.5 Å². The van der Waals surface area contributed by atoms with Crippen molar-refractivity contribution in [3.63, 3.8) is 0 Å². The van der Waals surface area contributed by atoms with Crippen molar-refractivity contribution < 1.29 is 14.2 Å². The summed E-state index contributed by atoms with van der Waals surface area (Å²) >= 11 is 0. The third-order valence-electron chi connectivity index (χ3n) is 3.59. The minimum absolute atomic E-state index is 0.0830. The highest BCUT2D eigenvalue weighted by Crippen LogP contribution is 2.39. The molecule has 20 heavy (non-hydrogen) atoms. The summed E-state index contributed by atoms with van der Waals surface area (Å²) in [6.45, 7) is 2.27. The monoisotopic (exact) mass is 275 g/mol. The number of fused-ring (bicyclic) bond motifs is 1. The highest BCUT2D eigenvalue weighted by molar-refractivity contribution is 5.52. The zero-order valence-corrected chi connectivity index (χ0v) is 11.8. The molecule has 1 heterocycles. The van der Waals surface area contributed by atoms with Gasteiger partial charge in [-0.1, -0.05) is 6.08 Å². The second-order valence-corrected chi connectivity index (χ2v) is 5.51. The van der Waals surface area contributed by atoms with Crippen LogP contribution < -0.4 is 19.9 Å². The molecule has 108 valence electrons. The van der Waals surface area contributed by atoms with Crippen molar-refractivity contribution in [3.8, 4) is 17.2 Å². The second kappa shape index (κ2) is 5.75. The predicted octanol–water partition coefficient (Wildman–Crippen LogP) is 2.79. The topological polar surface area (TPSA) is 53.7 Å². The Kier molecular flexibility index (Phi) is 3.83. The molecule has 3 rings (SSSR count). The molecule has 0 spiro atoms. The number of allylic oxidation sites excluding steroid dienone is 1. The summed E-state index contributed by atoms with van der Waals surface area (Å²) in [7, 11) is 0. The van der Waals surface area contributed by atoms with Crippen LogP contribution in [0.3, 0.4) is 0 Å². The number of ether oxygens (including phenoxy) is 3. The van der Waals surface area contributed by atoms with Crippen molar-refractivity contribution in [2.24, 2.45) is 5.73 Å². The average Bonchev–Trinajstić information content (AvgIpc) is 2.86. The summed E-state index contributed by atoms with van der Waals surface area (Å²) < 4.78 is 17.0. The molecule has 4 heteroatoms. The summed E-state index contributed by atoms with van der Waals surface area (Å²) in [5.74, 6) is 2.41. The van der Waals surface area contributed by atoms with Crippen LogP contribution in [0.25, 0.3) is 0 Å². The van der Waals surface area contributed by atoms with E-state index in [0.717, 1.165) is 42.1 Å². The van der Waals surface area contributed by atoms with Gasteiger partial charge in [-0.15, -0.1) is 0 Å². The largest absolute Gasteiger partial charge is 0.486 e. The Bertz CT molecular complexity index is 511. The van der Waals surface area contributed by atoms with Gasteiger partial charge in [-0.3, -0.25) is 0 Å². The molecule has 2 unspecified atom stereocenters. The molecular weight excluding hydrogens is 254 g/mol. The van der Waals surface area contributed by atoms with E-state index in [1.165, 1.54) is 6.42 Å². The van der Waals surface area contributed by atoms with Gasteiger partial charge < -0.3 is 19.9 Å². The molecule has 0 saturated heterocycles. The SMILES string of the molecule is CC(N)Cc1cc2c(cc1OC1C=CCCC1)OCO2. The molecule has 0 amide bonds. The van der Waals surface area contributed by atoms with E-state index < -0.39 is 0 Å². The van der Waals surface area contributed by atoms with Crippen molar-refractivity contribution in [1.29, 1.82) is 0 Å². The lowest BCUT2D eigenvalue weighted by molar-refractivity contribution is 0.173. The third kappa shape index (κ3) is 2.90. The van der Waals surface area contributed by atoms with Gasteiger partial charge in [0.05, 0.1) is 0 Å². The van der Waals surface area contributed by atoms with E-state index in [1.54, 1.807) is 0 Å². The van der Waals surface area contributed by atoms with E-state index in [0.29, 0.717) is 0 Å². The molecule has 1 aliphatic heterocycles. The van der Waals surface area contributed by atoms with Crippen LogP contribution in [0, 0.1) is 0 Å². The van der Waals surface area contributed by atoms with Crippen LogP contribution in [0.5, 0.6) is 17.2 Å². The van der Waals surface area contributed by atoms with Gasteiger partial charge in [0.25, 0.3) is 0 Å². The van der Waals surface area contributed by atoms with E-state index in [9.17, 15) is 0 Å². The molecule has 4 nitrogen and oxygen atoms in total. The second-order valence-electron chi connectivity index (χ2n) is 5.51. The summed E-state index contributed by atoms with van der Waals surface area (Å²) in [6.07, 6.45) is 8.62. The Morgan fingerprint density at radius 2 is 2.15 bits per heavy atom. The molecule has 0 saturated carbocycles. The van der Waals surface area contributed by atoms with E-state index in [1.807, 2.05) is 19.1 Å². The Balaban J connectivity index is 1.86. The Morgan fingerprint density at radius 3 is 2.85 bits per heavy atom. The number of nitrogens with two attached hydrogens (primary N) is 1. The molecule has 0 bridgehead atoms. The van der Waals surface area contributed by atoms with Crippen molar-refractivity contribution in [3.05, 3.63) is 29.8 Å². The van der Waals surface area contributed by atoms with Crippen molar-refractivity contribution in [2.45, 2.75) is 44.8 Å². The first-order valence-corrected chi connectivity index (χ1v) is 7.24. The maximum Gasteiger partial charge on any atom is 0.231 e. The van der Waals surface area contributed by atoms with Crippen LogP contribution >= 0.6 is 0 Å². The minimum Gasteiger partial charge on any atom is -0.486 e. The number of rotatable bonds is 4. The molecule has 1 aromatic rings. The first kappa shape index (κ1) is 13.3. The highest BCUT2D eigenvalue weighted by Gasteiger charge is 2.20. The molecule has 2 aliphatic rings. The lowest BCUT2D eigenvalue weighted by Crippen LogP contribution is -2.20. The lowest BCUT2D eigenvalue weighted by atomic mass is 10.0. The summed E-state index contributed by atoms with van der Waals surface area (Å²) in [6, 6.07) is 4.01. The minimum atomic E-state index is 0.0830. The highest BCUT2D eigenvalue weighted by atomic mass is 16.7. The molecule has 1 aliphatic carbocycles. The molecule has 0 radical (unpaired) electrons. The van der Waals surface area contributed by atoms with Crippen LogP contribution in [0.15, 0.2) is 24.3 Å². The van der Waals surface area contributed by atoms with Gasteiger partial charge >= 0.3 is 0 Å². The fourth-order valence-corrected chi connectivity index (χ4v) is 2.62. The van der Waals surface area contributed by atoms with Crippen LogP contribution in [-0.4, -0.2) is 18.9 Å². The number of hydrogen-bond donors (Lipinski definition) is 1. The van der Waals surface area contributed by atoms with E-state index in [4.69, 9.17) is 19.9 Å². The molecule has 2 atom stereocenters. The van der Waals surface area contributed by atoms with Crippen LogP contribution in [0.1, 0.15) is 31.7 Å². The maximum absolute atomic E-state index is 6.13. The predicted molar refractivity (Wildman–Crippen MR) is 77.3 cm³/mol.